The van der Waals surface area contributed by atoms with Crippen LogP contribution >= 0.6 is 11.6 Å². The molecule has 0 bridgehead atoms. The van der Waals surface area contributed by atoms with E-state index in [1.807, 2.05) is 19.1 Å². The lowest BCUT2D eigenvalue weighted by Gasteiger charge is -2.17. The maximum absolute atomic E-state index is 9.75. The van der Waals surface area contributed by atoms with Gasteiger partial charge in [-0.1, -0.05) is 23.7 Å². The Bertz CT molecular complexity index is 573. The zero-order valence-corrected chi connectivity index (χ0v) is 11.9. The van der Waals surface area contributed by atoms with E-state index in [0.717, 1.165) is 11.3 Å². The Hall–Kier alpha value is -1.62. The second-order valence-electron chi connectivity index (χ2n) is 4.59. The molecule has 0 aliphatic carbocycles. The molecule has 5 heteroatoms. The van der Waals surface area contributed by atoms with E-state index < -0.39 is 0 Å². The molecule has 0 spiro atoms. The third kappa shape index (κ3) is 3.70. The average Bonchev–Trinajstić information content (AvgIpc) is 2.45. The summed E-state index contributed by atoms with van der Waals surface area (Å²) < 4.78 is 0. The number of aromatic nitrogens is 1. The van der Waals surface area contributed by atoms with Crippen molar-refractivity contribution in [2.45, 2.75) is 19.5 Å². The van der Waals surface area contributed by atoms with Crippen molar-refractivity contribution in [2.75, 3.05) is 6.61 Å². The molecule has 1 unspecified atom stereocenters. The fraction of sp³-hybridized carbons (Fsp3) is 0.267. The summed E-state index contributed by atoms with van der Waals surface area (Å²) in [5.74, 6) is 0.149. The molecule has 1 aromatic carbocycles. The number of benzene rings is 1. The number of nitrogens with zero attached hydrogens (tertiary/aromatic N) is 1. The van der Waals surface area contributed by atoms with Crippen molar-refractivity contribution in [3.05, 3.63) is 58.4 Å². The van der Waals surface area contributed by atoms with Gasteiger partial charge in [-0.2, -0.15) is 0 Å². The van der Waals surface area contributed by atoms with Crippen molar-refractivity contribution in [1.82, 2.24) is 10.3 Å². The molecule has 20 heavy (non-hydrogen) atoms. The lowest BCUT2D eigenvalue weighted by atomic mass is 10.1. The molecule has 0 fully saturated rings. The molecule has 0 saturated carbocycles. The van der Waals surface area contributed by atoms with E-state index in [2.05, 4.69) is 10.3 Å². The van der Waals surface area contributed by atoms with Crippen LogP contribution in [0.5, 0.6) is 5.75 Å². The zero-order chi connectivity index (χ0) is 14.5. The summed E-state index contributed by atoms with van der Waals surface area (Å²) in [6.45, 7) is 2.20. The summed E-state index contributed by atoms with van der Waals surface area (Å²) in [6.07, 6.45) is 0. The summed E-state index contributed by atoms with van der Waals surface area (Å²) in [5, 5.41) is 23.0. The Kier molecular flexibility index (Phi) is 4.95. The summed E-state index contributed by atoms with van der Waals surface area (Å²) in [4.78, 5) is 4.27. The molecular weight excluding hydrogens is 276 g/mol. The second kappa shape index (κ2) is 6.70. The fourth-order valence-electron chi connectivity index (χ4n) is 1.94. The number of halogens is 1. The number of rotatable bonds is 5. The molecule has 2 aromatic rings. The molecule has 3 N–H and O–H groups in total. The standard InChI is InChI=1S/C15H17ClN2O2/c1-10-2-7-15(20)13(18-10)8-17-14(9-19)11-3-5-12(16)6-4-11/h2-7,14,17,19-20H,8-9H2,1H3. The molecule has 0 saturated heterocycles. The van der Waals surface area contributed by atoms with Crippen LogP contribution in [0.25, 0.3) is 0 Å². The van der Waals surface area contributed by atoms with Gasteiger partial charge in [0.05, 0.1) is 18.3 Å². The van der Waals surface area contributed by atoms with Gasteiger partial charge < -0.3 is 15.5 Å². The van der Waals surface area contributed by atoms with E-state index in [0.29, 0.717) is 17.3 Å². The molecule has 1 atom stereocenters. The minimum Gasteiger partial charge on any atom is -0.506 e. The Morgan fingerprint density at radius 1 is 1.20 bits per heavy atom. The summed E-state index contributed by atoms with van der Waals surface area (Å²) in [7, 11) is 0. The van der Waals surface area contributed by atoms with Gasteiger partial charge in [-0.25, -0.2) is 0 Å². The predicted octanol–water partition coefficient (Wildman–Crippen LogP) is 2.57. The van der Waals surface area contributed by atoms with E-state index in [4.69, 9.17) is 11.6 Å². The van der Waals surface area contributed by atoms with Crippen LogP contribution in [0.2, 0.25) is 5.02 Å². The average molecular weight is 293 g/mol. The first-order chi connectivity index (χ1) is 9.60. The molecule has 106 valence electrons. The number of aryl methyl sites for hydroxylation is 1. The Labute approximate surface area is 123 Å². The molecule has 1 heterocycles. The minimum atomic E-state index is -0.228. The second-order valence-corrected chi connectivity index (χ2v) is 5.02. The number of hydrogen-bond acceptors (Lipinski definition) is 4. The lowest BCUT2D eigenvalue weighted by Crippen LogP contribution is -2.24. The van der Waals surface area contributed by atoms with Gasteiger partial charge in [0.15, 0.2) is 0 Å². The van der Waals surface area contributed by atoms with Crippen LogP contribution in [0.1, 0.15) is 23.0 Å². The van der Waals surface area contributed by atoms with Crippen molar-refractivity contribution >= 4 is 11.6 Å². The van der Waals surface area contributed by atoms with E-state index >= 15 is 0 Å². The molecule has 4 nitrogen and oxygen atoms in total. The van der Waals surface area contributed by atoms with Crippen LogP contribution in [-0.2, 0) is 6.54 Å². The van der Waals surface area contributed by atoms with Gasteiger partial charge in [-0.3, -0.25) is 4.98 Å². The molecule has 0 amide bonds. The Morgan fingerprint density at radius 3 is 2.55 bits per heavy atom. The van der Waals surface area contributed by atoms with Gasteiger partial charge in [-0.05, 0) is 36.8 Å². The van der Waals surface area contributed by atoms with Crippen molar-refractivity contribution in [3.63, 3.8) is 0 Å². The first-order valence-electron chi connectivity index (χ1n) is 6.35. The number of aliphatic hydroxyl groups excluding tert-OH is 1. The predicted molar refractivity (Wildman–Crippen MR) is 78.8 cm³/mol. The molecule has 0 radical (unpaired) electrons. The topological polar surface area (TPSA) is 65.4 Å². The highest BCUT2D eigenvalue weighted by molar-refractivity contribution is 6.30. The maximum atomic E-state index is 9.75. The quantitative estimate of drug-likeness (QED) is 0.792. The Morgan fingerprint density at radius 2 is 1.90 bits per heavy atom. The third-order valence-corrected chi connectivity index (χ3v) is 3.31. The number of pyridine rings is 1. The molecule has 0 aliphatic heterocycles. The highest BCUT2D eigenvalue weighted by atomic mass is 35.5. The van der Waals surface area contributed by atoms with Crippen molar-refractivity contribution < 1.29 is 10.2 Å². The third-order valence-electron chi connectivity index (χ3n) is 3.06. The summed E-state index contributed by atoms with van der Waals surface area (Å²) in [5.41, 5.74) is 2.34. The maximum Gasteiger partial charge on any atom is 0.138 e. The van der Waals surface area contributed by atoms with Crippen LogP contribution < -0.4 is 5.32 Å². The van der Waals surface area contributed by atoms with Crippen LogP contribution in [0.15, 0.2) is 36.4 Å². The van der Waals surface area contributed by atoms with E-state index in [-0.39, 0.29) is 18.4 Å². The van der Waals surface area contributed by atoms with Crippen LogP contribution in [0.4, 0.5) is 0 Å². The van der Waals surface area contributed by atoms with Gasteiger partial charge in [-0.15, -0.1) is 0 Å². The Balaban J connectivity index is 2.07. The normalized spacial score (nSPS) is 12.3. The monoisotopic (exact) mass is 292 g/mol. The highest BCUT2D eigenvalue weighted by Crippen LogP contribution is 2.19. The lowest BCUT2D eigenvalue weighted by molar-refractivity contribution is 0.243. The largest absolute Gasteiger partial charge is 0.506 e. The van der Waals surface area contributed by atoms with E-state index in [1.54, 1.807) is 24.3 Å². The minimum absolute atomic E-state index is 0.0474. The first kappa shape index (κ1) is 14.8. The van der Waals surface area contributed by atoms with Crippen molar-refractivity contribution in [2.24, 2.45) is 0 Å². The summed E-state index contributed by atoms with van der Waals surface area (Å²) in [6, 6.07) is 10.4. The number of aliphatic hydroxyl groups is 1. The molecule has 2 rings (SSSR count). The fourth-order valence-corrected chi connectivity index (χ4v) is 2.06. The van der Waals surface area contributed by atoms with E-state index in [9.17, 15) is 10.2 Å². The zero-order valence-electron chi connectivity index (χ0n) is 11.2. The van der Waals surface area contributed by atoms with E-state index in [1.165, 1.54) is 0 Å². The van der Waals surface area contributed by atoms with Gasteiger partial charge in [0.2, 0.25) is 0 Å². The smallest absolute Gasteiger partial charge is 0.138 e. The number of hydrogen-bond donors (Lipinski definition) is 3. The summed E-state index contributed by atoms with van der Waals surface area (Å²) >= 11 is 5.84. The SMILES string of the molecule is Cc1ccc(O)c(CNC(CO)c2ccc(Cl)cc2)n1. The first-order valence-corrected chi connectivity index (χ1v) is 6.73. The molecule has 0 aliphatic rings. The van der Waals surface area contributed by atoms with Crippen molar-refractivity contribution in [1.29, 1.82) is 0 Å². The van der Waals surface area contributed by atoms with Gasteiger partial charge in [0.25, 0.3) is 0 Å². The number of aromatic hydroxyl groups is 1. The van der Waals surface area contributed by atoms with Crippen LogP contribution in [-0.4, -0.2) is 21.8 Å². The molecular formula is C15H17ClN2O2. The van der Waals surface area contributed by atoms with Crippen LogP contribution in [0, 0.1) is 6.92 Å². The van der Waals surface area contributed by atoms with Gasteiger partial charge in [0.1, 0.15) is 5.75 Å². The number of nitrogens with one attached hydrogen (secondary N) is 1. The van der Waals surface area contributed by atoms with Crippen molar-refractivity contribution in [3.8, 4) is 5.75 Å². The van der Waals surface area contributed by atoms with Gasteiger partial charge in [0, 0.05) is 17.3 Å². The highest BCUT2D eigenvalue weighted by Gasteiger charge is 2.11. The van der Waals surface area contributed by atoms with Gasteiger partial charge >= 0.3 is 0 Å². The molecule has 1 aromatic heterocycles. The van der Waals surface area contributed by atoms with Crippen LogP contribution in [0.3, 0.4) is 0 Å².